The highest BCUT2D eigenvalue weighted by Crippen LogP contribution is 2.29. The Morgan fingerprint density at radius 3 is 2.60 bits per heavy atom. The molecular formula is C20H27ClN2O2. The average molecular weight is 363 g/mol. The first-order valence-corrected chi connectivity index (χ1v) is 8.54. The van der Waals surface area contributed by atoms with Crippen molar-refractivity contribution in [2.45, 2.75) is 26.1 Å². The number of benzene rings is 2. The lowest BCUT2D eigenvalue weighted by molar-refractivity contribution is 0.199. The lowest BCUT2D eigenvalue weighted by Gasteiger charge is -2.31. The van der Waals surface area contributed by atoms with Gasteiger partial charge in [0.2, 0.25) is 0 Å². The predicted molar refractivity (Wildman–Crippen MR) is 104 cm³/mol. The van der Waals surface area contributed by atoms with Gasteiger partial charge in [0.1, 0.15) is 6.61 Å². The highest BCUT2D eigenvalue weighted by Gasteiger charge is 2.16. The molecule has 136 valence electrons. The molecule has 0 radical (unpaired) electrons. The van der Waals surface area contributed by atoms with Gasteiger partial charge in [0.25, 0.3) is 0 Å². The molecule has 25 heavy (non-hydrogen) atoms. The van der Waals surface area contributed by atoms with E-state index < -0.39 is 0 Å². The van der Waals surface area contributed by atoms with Crippen molar-refractivity contribution in [3.63, 3.8) is 0 Å². The second-order valence-electron chi connectivity index (χ2n) is 6.35. The zero-order valence-electron chi connectivity index (χ0n) is 14.9. The molecule has 1 aliphatic heterocycles. The van der Waals surface area contributed by atoms with Crippen LogP contribution in [0.2, 0.25) is 0 Å². The van der Waals surface area contributed by atoms with Crippen LogP contribution in [0.3, 0.4) is 0 Å². The molecule has 0 aliphatic carbocycles. The van der Waals surface area contributed by atoms with Crippen molar-refractivity contribution in [1.29, 1.82) is 0 Å². The van der Waals surface area contributed by atoms with Crippen molar-refractivity contribution in [1.82, 2.24) is 10.2 Å². The van der Waals surface area contributed by atoms with Gasteiger partial charge in [-0.25, -0.2) is 0 Å². The van der Waals surface area contributed by atoms with Crippen LogP contribution in [0.15, 0.2) is 48.5 Å². The largest absolute Gasteiger partial charge is 0.493 e. The number of nitrogens with one attached hydrogen (secondary N) is 1. The van der Waals surface area contributed by atoms with E-state index in [2.05, 4.69) is 41.4 Å². The second-order valence-corrected chi connectivity index (χ2v) is 6.35. The third-order valence-corrected chi connectivity index (χ3v) is 4.32. The van der Waals surface area contributed by atoms with Gasteiger partial charge in [0.15, 0.2) is 11.5 Å². The van der Waals surface area contributed by atoms with E-state index in [-0.39, 0.29) is 12.4 Å². The summed E-state index contributed by atoms with van der Waals surface area (Å²) in [6, 6.07) is 17.0. The van der Waals surface area contributed by atoms with E-state index in [0.29, 0.717) is 12.6 Å². The Morgan fingerprint density at radius 1 is 1.08 bits per heavy atom. The van der Waals surface area contributed by atoms with Crippen LogP contribution in [0, 0.1) is 0 Å². The van der Waals surface area contributed by atoms with Crippen LogP contribution in [0.5, 0.6) is 11.5 Å². The SMILES string of the molecule is COc1ccc(CN2CCN[C@H](C)C2)cc1OCc1ccccc1.Cl. The molecule has 2 aromatic rings. The molecular weight excluding hydrogens is 336 g/mol. The fourth-order valence-electron chi connectivity index (χ4n) is 3.08. The minimum absolute atomic E-state index is 0. The minimum atomic E-state index is 0. The third-order valence-electron chi connectivity index (χ3n) is 4.32. The number of rotatable bonds is 6. The van der Waals surface area contributed by atoms with Crippen LogP contribution in [-0.2, 0) is 13.2 Å². The summed E-state index contributed by atoms with van der Waals surface area (Å²) in [6.07, 6.45) is 0. The van der Waals surface area contributed by atoms with E-state index in [9.17, 15) is 0 Å². The van der Waals surface area contributed by atoms with E-state index in [0.717, 1.165) is 43.2 Å². The first-order chi connectivity index (χ1) is 11.7. The molecule has 0 spiro atoms. The van der Waals surface area contributed by atoms with E-state index >= 15 is 0 Å². The number of halogens is 1. The minimum Gasteiger partial charge on any atom is -0.493 e. The highest BCUT2D eigenvalue weighted by atomic mass is 35.5. The Balaban J connectivity index is 0.00000225. The molecule has 1 N–H and O–H groups in total. The smallest absolute Gasteiger partial charge is 0.161 e. The van der Waals surface area contributed by atoms with Gasteiger partial charge in [0, 0.05) is 32.2 Å². The number of hydrogen-bond donors (Lipinski definition) is 1. The summed E-state index contributed by atoms with van der Waals surface area (Å²) in [4.78, 5) is 2.48. The Labute approximate surface area is 156 Å². The molecule has 1 atom stereocenters. The maximum Gasteiger partial charge on any atom is 0.161 e. The van der Waals surface area contributed by atoms with Crippen LogP contribution in [0.1, 0.15) is 18.1 Å². The lowest BCUT2D eigenvalue weighted by atomic mass is 10.1. The average Bonchev–Trinajstić information content (AvgIpc) is 2.61. The molecule has 0 saturated carbocycles. The summed E-state index contributed by atoms with van der Waals surface area (Å²) in [5, 5.41) is 3.48. The van der Waals surface area contributed by atoms with Gasteiger partial charge in [-0.05, 0) is 30.2 Å². The van der Waals surface area contributed by atoms with Gasteiger partial charge < -0.3 is 14.8 Å². The fraction of sp³-hybridized carbons (Fsp3) is 0.400. The van der Waals surface area contributed by atoms with E-state index in [1.54, 1.807) is 7.11 Å². The summed E-state index contributed by atoms with van der Waals surface area (Å²) < 4.78 is 11.5. The van der Waals surface area contributed by atoms with Crippen LogP contribution in [-0.4, -0.2) is 37.7 Å². The van der Waals surface area contributed by atoms with Gasteiger partial charge >= 0.3 is 0 Å². The maximum atomic E-state index is 6.01. The first kappa shape index (κ1) is 19.6. The van der Waals surface area contributed by atoms with Crippen molar-refractivity contribution in [2.24, 2.45) is 0 Å². The maximum absolute atomic E-state index is 6.01. The molecule has 1 fully saturated rings. The fourth-order valence-corrected chi connectivity index (χ4v) is 3.08. The van der Waals surface area contributed by atoms with E-state index in [1.165, 1.54) is 5.56 Å². The first-order valence-electron chi connectivity index (χ1n) is 8.54. The molecule has 0 amide bonds. The normalized spacial score (nSPS) is 17.6. The number of piperazine rings is 1. The molecule has 5 heteroatoms. The second kappa shape index (κ2) is 9.66. The zero-order chi connectivity index (χ0) is 16.8. The summed E-state index contributed by atoms with van der Waals surface area (Å²) in [7, 11) is 1.68. The quantitative estimate of drug-likeness (QED) is 0.852. The lowest BCUT2D eigenvalue weighted by Crippen LogP contribution is -2.48. The monoisotopic (exact) mass is 362 g/mol. The number of nitrogens with zero attached hydrogens (tertiary/aromatic N) is 1. The van der Waals surface area contributed by atoms with Crippen LogP contribution in [0.4, 0.5) is 0 Å². The Hall–Kier alpha value is -1.75. The van der Waals surface area contributed by atoms with Gasteiger partial charge in [0.05, 0.1) is 7.11 Å². The molecule has 0 bridgehead atoms. The Morgan fingerprint density at radius 2 is 1.88 bits per heavy atom. The summed E-state index contributed by atoms with van der Waals surface area (Å²) in [6.45, 7) is 6.93. The Bertz CT molecular complexity index is 651. The molecule has 0 unspecified atom stereocenters. The molecule has 2 aromatic carbocycles. The molecule has 0 aromatic heterocycles. The molecule has 1 aliphatic rings. The Kier molecular flexibility index (Phi) is 7.56. The van der Waals surface area contributed by atoms with Gasteiger partial charge in [-0.3, -0.25) is 4.90 Å². The summed E-state index contributed by atoms with van der Waals surface area (Å²) >= 11 is 0. The third kappa shape index (κ3) is 5.63. The number of ether oxygens (including phenoxy) is 2. The van der Waals surface area contributed by atoms with Gasteiger partial charge in [-0.1, -0.05) is 36.4 Å². The number of hydrogen-bond acceptors (Lipinski definition) is 4. The van der Waals surface area contributed by atoms with E-state index in [4.69, 9.17) is 9.47 Å². The van der Waals surface area contributed by atoms with Crippen LogP contribution in [0.25, 0.3) is 0 Å². The van der Waals surface area contributed by atoms with Gasteiger partial charge in [-0.2, -0.15) is 0 Å². The van der Waals surface area contributed by atoms with Crippen molar-refractivity contribution in [3.05, 3.63) is 59.7 Å². The molecule has 1 heterocycles. The predicted octanol–water partition coefficient (Wildman–Crippen LogP) is 3.49. The standard InChI is InChI=1S/C20H26N2O2.ClH/c1-16-13-22(11-10-21-16)14-18-8-9-19(23-2)20(12-18)24-15-17-6-4-3-5-7-17;/h3-9,12,16,21H,10-11,13-15H2,1-2H3;1H/t16-;/m1./s1. The topological polar surface area (TPSA) is 33.7 Å². The van der Waals surface area contributed by atoms with Crippen molar-refractivity contribution >= 4 is 12.4 Å². The molecule has 3 rings (SSSR count). The van der Waals surface area contributed by atoms with Crippen LogP contribution >= 0.6 is 12.4 Å². The van der Waals surface area contributed by atoms with Crippen molar-refractivity contribution in [3.8, 4) is 11.5 Å². The zero-order valence-corrected chi connectivity index (χ0v) is 15.7. The van der Waals surface area contributed by atoms with Crippen molar-refractivity contribution in [2.75, 3.05) is 26.7 Å². The molecule has 4 nitrogen and oxygen atoms in total. The highest BCUT2D eigenvalue weighted by molar-refractivity contribution is 5.85. The molecule has 1 saturated heterocycles. The van der Waals surface area contributed by atoms with Crippen molar-refractivity contribution < 1.29 is 9.47 Å². The summed E-state index contributed by atoms with van der Waals surface area (Å²) in [5.74, 6) is 1.59. The number of methoxy groups -OCH3 is 1. The summed E-state index contributed by atoms with van der Waals surface area (Å²) in [5.41, 5.74) is 2.41. The van der Waals surface area contributed by atoms with Gasteiger partial charge in [-0.15, -0.1) is 12.4 Å². The van der Waals surface area contributed by atoms with E-state index in [1.807, 2.05) is 24.3 Å². The van der Waals surface area contributed by atoms with Crippen LogP contribution < -0.4 is 14.8 Å².